The standard InChI is InChI=1S/C41H77N3O13/c1-15-29-41(10,48)34(46)24(4)31(43-49)22(2)20-39(8,50-13)35(57-38-32(45)28(44(11)12)19-23(3)53-38)25(5)33(26(6)37(47)55-29)56-30-21-40(9,51-14)36(27(7)54-30)52-18-16-17-42/h22-30,32-36,38,45-46,48-49H,15-21,42H2,1-14H3/b43-31+/t22-,23-,24+,25+,26-,27+,28+,29-,30+,32-,33+,34-,35-,36+,38+,39-,40-,41-/m1/s1. The normalized spacial score (nSPS) is 46.5. The number of aliphatic hydroxyl groups is 3. The number of rotatable bonds is 12. The van der Waals surface area contributed by atoms with Crippen LogP contribution in [0.2, 0.25) is 0 Å². The van der Waals surface area contributed by atoms with E-state index in [4.69, 9.17) is 43.6 Å². The van der Waals surface area contributed by atoms with E-state index in [1.165, 1.54) is 6.92 Å². The Morgan fingerprint density at radius 3 is 2.09 bits per heavy atom. The molecule has 16 nitrogen and oxygen atoms in total. The van der Waals surface area contributed by atoms with Gasteiger partial charge in [0.25, 0.3) is 0 Å². The van der Waals surface area contributed by atoms with Crippen LogP contribution in [0.3, 0.4) is 0 Å². The Hall–Kier alpha value is -1.54. The largest absolute Gasteiger partial charge is 0.459 e. The molecule has 3 aliphatic rings. The zero-order chi connectivity index (χ0) is 43.2. The van der Waals surface area contributed by atoms with Crippen molar-refractivity contribution in [2.24, 2.45) is 34.6 Å². The molecule has 0 saturated carbocycles. The molecule has 0 bridgehead atoms. The molecule has 16 heteroatoms. The summed E-state index contributed by atoms with van der Waals surface area (Å²) in [5.41, 5.74) is 1.95. The van der Waals surface area contributed by atoms with Crippen LogP contribution in [0.4, 0.5) is 0 Å². The lowest BCUT2D eigenvalue weighted by molar-refractivity contribution is -0.322. The van der Waals surface area contributed by atoms with E-state index in [1.807, 2.05) is 60.5 Å². The maximum atomic E-state index is 14.4. The molecule has 3 saturated heterocycles. The van der Waals surface area contributed by atoms with Crippen LogP contribution in [0.25, 0.3) is 0 Å². The molecular formula is C41H77N3O13. The lowest BCUT2D eigenvalue weighted by atomic mass is 9.73. The Bertz CT molecular complexity index is 1290. The predicted molar refractivity (Wildman–Crippen MR) is 213 cm³/mol. The summed E-state index contributed by atoms with van der Waals surface area (Å²) < 4.78 is 51.4. The summed E-state index contributed by atoms with van der Waals surface area (Å²) in [6, 6.07) is -0.278. The predicted octanol–water partition coefficient (Wildman–Crippen LogP) is 3.07. The number of cyclic esters (lactones) is 1. The third kappa shape index (κ3) is 11.2. The third-order valence-corrected chi connectivity index (χ3v) is 13.0. The van der Waals surface area contributed by atoms with Crippen LogP contribution in [0.15, 0.2) is 5.16 Å². The van der Waals surface area contributed by atoms with E-state index in [2.05, 4.69) is 5.16 Å². The SMILES string of the molecule is CC[C@H]1OC(=O)[C@H](C)[C@@H](O[C@H]2C[C@@](C)(OC)[C@@H](OCCCN)[C@H](C)O2)[C@H](C)[C@@H](O[C@@H]2O[C@H](C)C[C@H](N(C)C)[C@H]2O)[C@](C)(OC)C[C@@H](C)/C(=N\O)[C@H](C)[C@@H](O)[C@]1(C)O. The number of nitrogens with zero attached hydrogens (tertiary/aromatic N) is 2. The van der Waals surface area contributed by atoms with Crippen molar-refractivity contribution in [1.29, 1.82) is 0 Å². The first-order valence-electron chi connectivity index (χ1n) is 20.8. The zero-order valence-corrected chi connectivity index (χ0v) is 37.0. The van der Waals surface area contributed by atoms with E-state index in [0.29, 0.717) is 26.0 Å². The summed E-state index contributed by atoms with van der Waals surface area (Å²) in [7, 11) is 6.94. The second-order valence-corrected chi connectivity index (χ2v) is 17.7. The number of carbonyl (C=O) groups excluding carboxylic acids is 1. The molecule has 334 valence electrons. The molecule has 0 amide bonds. The minimum absolute atomic E-state index is 0.175. The Labute approximate surface area is 341 Å². The van der Waals surface area contributed by atoms with E-state index in [9.17, 15) is 25.3 Å². The van der Waals surface area contributed by atoms with Crippen molar-refractivity contribution in [1.82, 2.24) is 4.90 Å². The van der Waals surface area contributed by atoms with Crippen molar-refractivity contribution in [2.75, 3.05) is 41.5 Å². The van der Waals surface area contributed by atoms with E-state index in [0.717, 1.165) is 0 Å². The Morgan fingerprint density at radius 2 is 1.54 bits per heavy atom. The van der Waals surface area contributed by atoms with Crippen molar-refractivity contribution in [3.05, 3.63) is 0 Å². The van der Waals surface area contributed by atoms with Crippen LogP contribution < -0.4 is 5.73 Å². The van der Waals surface area contributed by atoms with Crippen LogP contribution >= 0.6 is 0 Å². The van der Waals surface area contributed by atoms with Crippen molar-refractivity contribution in [3.63, 3.8) is 0 Å². The molecule has 0 aliphatic carbocycles. The van der Waals surface area contributed by atoms with Gasteiger partial charge < -0.3 is 69.1 Å². The van der Waals surface area contributed by atoms with Gasteiger partial charge in [0, 0.05) is 51.0 Å². The van der Waals surface area contributed by atoms with Gasteiger partial charge in [-0.3, -0.25) is 4.79 Å². The number of hydrogen-bond acceptors (Lipinski definition) is 16. The molecule has 0 aromatic carbocycles. The van der Waals surface area contributed by atoms with Crippen LogP contribution in [0.5, 0.6) is 0 Å². The van der Waals surface area contributed by atoms with Crippen LogP contribution in [-0.4, -0.2) is 163 Å². The Balaban J connectivity index is 2.23. The topological polar surface area (TPSA) is 213 Å². The highest BCUT2D eigenvalue weighted by Gasteiger charge is 2.54. The van der Waals surface area contributed by atoms with Gasteiger partial charge in [0.1, 0.15) is 23.9 Å². The van der Waals surface area contributed by atoms with E-state index < -0.39 is 102 Å². The van der Waals surface area contributed by atoms with Crippen molar-refractivity contribution < 1.29 is 63.2 Å². The van der Waals surface area contributed by atoms with Crippen molar-refractivity contribution in [2.45, 2.75) is 186 Å². The molecule has 0 aromatic rings. The molecule has 57 heavy (non-hydrogen) atoms. The van der Waals surface area contributed by atoms with Crippen molar-refractivity contribution >= 4 is 11.7 Å². The average molecular weight is 820 g/mol. The van der Waals surface area contributed by atoms with Crippen LogP contribution in [-0.2, 0) is 42.7 Å². The summed E-state index contributed by atoms with van der Waals surface area (Å²) in [6.07, 6.45) is -6.90. The van der Waals surface area contributed by atoms with Crippen LogP contribution in [0, 0.1) is 23.7 Å². The smallest absolute Gasteiger partial charge is 0.311 e. The van der Waals surface area contributed by atoms with E-state index in [1.54, 1.807) is 35.0 Å². The van der Waals surface area contributed by atoms with Gasteiger partial charge in [-0.05, 0) is 87.9 Å². The Morgan fingerprint density at radius 1 is 0.930 bits per heavy atom. The van der Waals surface area contributed by atoms with E-state index in [-0.39, 0.29) is 37.1 Å². The number of likely N-dealkylation sites (N-methyl/N-ethyl adjacent to an activating group) is 1. The summed E-state index contributed by atoms with van der Waals surface area (Å²) in [5, 5.41) is 49.2. The molecular weight excluding hydrogens is 742 g/mol. The van der Waals surface area contributed by atoms with Gasteiger partial charge >= 0.3 is 5.97 Å². The third-order valence-electron chi connectivity index (χ3n) is 13.0. The van der Waals surface area contributed by atoms with E-state index >= 15 is 0 Å². The number of carbonyl (C=O) groups is 1. The fourth-order valence-corrected chi connectivity index (χ4v) is 9.38. The number of ether oxygens (including phenoxy) is 8. The fourth-order valence-electron chi connectivity index (χ4n) is 9.38. The molecule has 6 N–H and O–H groups in total. The quantitative estimate of drug-likeness (QED) is 0.0829. The minimum atomic E-state index is -1.93. The highest BCUT2D eigenvalue weighted by atomic mass is 16.7. The minimum Gasteiger partial charge on any atom is -0.459 e. The van der Waals surface area contributed by atoms with Gasteiger partial charge in [0.2, 0.25) is 0 Å². The molecule has 3 aliphatic heterocycles. The zero-order valence-electron chi connectivity index (χ0n) is 37.0. The molecule has 0 unspecified atom stereocenters. The highest BCUT2D eigenvalue weighted by molar-refractivity contribution is 5.88. The molecule has 0 radical (unpaired) electrons. The average Bonchev–Trinajstić information content (AvgIpc) is 3.15. The second kappa shape index (κ2) is 20.8. The number of methoxy groups -OCH3 is 2. The monoisotopic (exact) mass is 820 g/mol. The van der Waals surface area contributed by atoms with Gasteiger partial charge in [-0.25, -0.2) is 0 Å². The van der Waals surface area contributed by atoms with Gasteiger partial charge in [0.15, 0.2) is 12.6 Å². The number of aliphatic hydroxyl groups excluding tert-OH is 2. The summed E-state index contributed by atoms with van der Waals surface area (Å²) in [4.78, 5) is 16.3. The molecule has 3 heterocycles. The fraction of sp³-hybridized carbons (Fsp3) is 0.951. The lowest BCUT2D eigenvalue weighted by Gasteiger charge is -2.50. The molecule has 18 atom stereocenters. The summed E-state index contributed by atoms with van der Waals surface area (Å²) in [6.45, 7) is 18.7. The Kier molecular flexibility index (Phi) is 18.2. The molecule has 0 spiro atoms. The van der Waals surface area contributed by atoms with Gasteiger partial charge in [0.05, 0.1) is 53.4 Å². The van der Waals surface area contributed by atoms with Crippen molar-refractivity contribution in [3.8, 4) is 0 Å². The first-order chi connectivity index (χ1) is 26.6. The molecule has 3 fully saturated rings. The summed E-state index contributed by atoms with van der Waals surface area (Å²) in [5.74, 6) is -3.76. The second-order valence-electron chi connectivity index (χ2n) is 17.7. The molecule has 0 aromatic heterocycles. The maximum Gasteiger partial charge on any atom is 0.311 e. The maximum absolute atomic E-state index is 14.4. The number of hydrogen-bond donors (Lipinski definition) is 5. The first kappa shape index (κ1) is 49.8. The van der Waals surface area contributed by atoms with Gasteiger partial charge in [-0.2, -0.15) is 0 Å². The molecule has 3 rings (SSSR count). The number of esters is 1. The lowest BCUT2D eigenvalue weighted by Crippen LogP contribution is -2.61. The summed E-state index contributed by atoms with van der Waals surface area (Å²) >= 11 is 0. The van der Waals surface area contributed by atoms with Gasteiger partial charge in [-0.15, -0.1) is 0 Å². The first-order valence-corrected chi connectivity index (χ1v) is 20.8. The number of oxime groups is 1. The van der Waals surface area contributed by atoms with Crippen LogP contribution in [0.1, 0.15) is 101 Å². The number of nitrogens with two attached hydrogens (primary N) is 1. The highest BCUT2D eigenvalue weighted by Crippen LogP contribution is 2.42. The van der Waals surface area contributed by atoms with Gasteiger partial charge in [-0.1, -0.05) is 32.9 Å².